The zero-order valence-electron chi connectivity index (χ0n) is 7.14. The maximum absolute atomic E-state index is 5.12. The predicted molar refractivity (Wildman–Crippen MR) is 47.4 cm³/mol. The van der Waals surface area contributed by atoms with Crippen molar-refractivity contribution < 1.29 is 9.31 Å². The molecule has 0 unspecified atom stereocenters. The first-order valence-corrected chi connectivity index (χ1v) is 4.00. The van der Waals surface area contributed by atoms with E-state index in [-0.39, 0.29) is 0 Å². The SMILES string of the molecule is C#CCOBOCCCCC. The van der Waals surface area contributed by atoms with E-state index in [1.165, 1.54) is 12.8 Å². The van der Waals surface area contributed by atoms with Crippen molar-refractivity contribution in [2.75, 3.05) is 13.2 Å². The molecule has 0 saturated carbocycles. The first kappa shape index (κ1) is 10.5. The van der Waals surface area contributed by atoms with Crippen molar-refractivity contribution in [2.24, 2.45) is 0 Å². The third-order valence-corrected chi connectivity index (χ3v) is 1.24. The molecule has 3 heteroatoms. The summed E-state index contributed by atoms with van der Waals surface area (Å²) in [6.07, 6.45) is 8.50. The topological polar surface area (TPSA) is 18.5 Å². The van der Waals surface area contributed by atoms with Crippen LogP contribution in [-0.2, 0) is 9.31 Å². The molecule has 0 aromatic carbocycles. The van der Waals surface area contributed by atoms with Crippen LogP contribution in [0.2, 0.25) is 0 Å². The van der Waals surface area contributed by atoms with Gasteiger partial charge in [-0.2, -0.15) is 0 Å². The summed E-state index contributed by atoms with van der Waals surface area (Å²) in [5.74, 6) is 2.37. The molecule has 0 aromatic rings. The highest BCUT2D eigenvalue weighted by Crippen LogP contribution is 1.92. The maximum Gasteiger partial charge on any atom is 0.438 e. The number of rotatable bonds is 7. The average molecular weight is 154 g/mol. The summed E-state index contributed by atoms with van der Waals surface area (Å²) in [4.78, 5) is 0. The van der Waals surface area contributed by atoms with Crippen LogP contribution in [0.4, 0.5) is 0 Å². The van der Waals surface area contributed by atoms with Crippen LogP contribution in [0.15, 0.2) is 0 Å². The van der Waals surface area contributed by atoms with Crippen molar-refractivity contribution in [3.05, 3.63) is 0 Å². The van der Waals surface area contributed by atoms with E-state index in [0.29, 0.717) is 14.3 Å². The van der Waals surface area contributed by atoms with Gasteiger partial charge in [0.2, 0.25) is 0 Å². The minimum absolute atomic E-state index is 0.327. The highest BCUT2D eigenvalue weighted by atomic mass is 16.6. The van der Waals surface area contributed by atoms with E-state index >= 15 is 0 Å². The van der Waals surface area contributed by atoms with E-state index in [1.807, 2.05) is 0 Å². The van der Waals surface area contributed by atoms with Crippen LogP contribution in [0.5, 0.6) is 0 Å². The Balaban J connectivity index is 2.75. The average Bonchev–Trinajstić information content (AvgIpc) is 2.03. The van der Waals surface area contributed by atoms with Crippen LogP contribution in [-0.4, -0.2) is 20.9 Å². The highest BCUT2D eigenvalue weighted by molar-refractivity contribution is 6.17. The number of hydrogen-bond donors (Lipinski definition) is 0. The summed E-state index contributed by atoms with van der Waals surface area (Å²) in [5.41, 5.74) is 0. The molecule has 0 spiro atoms. The molecule has 0 aliphatic heterocycles. The summed E-state index contributed by atoms with van der Waals surface area (Å²) in [7, 11) is 0.327. The van der Waals surface area contributed by atoms with Gasteiger partial charge in [0.1, 0.15) is 0 Å². The summed E-state index contributed by atoms with van der Waals surface area (Å²) in [6.45, 7) is 3.28. The maximum atomic E-state index is 5.12. The van der Waals surface area contributed by atoms with Gasteiger partial charge in [0.15, 0.2) is 0 Å². The lowest BCUT2D eigenvalue weighted by molar-refractivity contribution is 0.236. The molecule has 2 nitrogen and oxygen atoms in total. The normalized spacial score (nSPS) is 9.09. The third kappa shape index (κ3) is 9.54. The van der Waals surface area contributed by atoms with Gasteiger partial charge >= 0.3 is 7.69 Å². The Morgan fingerprint density at radius 2 is 2.18 bits per heavy atom. The van der Waals surface area contributed by atoms with Crippen LogP contribution in [0.25, 0.3) is 0 Å². The van der Waals surface area contributed by atoms with Gasteiger partial charge in [0, 0.05) is 6.61 Å². The molecule has 0 radical (unpaired) electrons. The minimum Gasteiger partial charge on any atom is -0.414 e. The molecule has 0 saturated heterocycles. The molecule has 0 amide bonds. The van der Waals surface area contributed by atoms with Gasteiger partial charge in [-0.3, -0.25) is 0 Å². The first-order chi connectivity index (χ1) is 5.41. The first-order valence-electron chi connectivity index (χ1n) is 4.00. The third-order valence-electron chi connectivity index (χ3n) is 1.24. The molecule has 0 bridgehead atoms. The van der Waals surface area contributed by atoms with E-state index in [1.54, 1.807) is 0 Å². The summed E-state index contributed by atoms with van der Waals surface area (Å²) >= 11 is 0. The molecule has 0 heterocycles. The van der Waals surface area contributed by atoms with Crippen LogP contribution >= 0.6 is 0 Å². The van der Waals surface area contributed by atoms with Crippen LogP contribution in [0.1, 0.15) is 26.2 Å². The number of terminal acetylenes is 1. The second-order valence-electron chi connectivity index (χ2n) is 2.29. The van der Waals surface area contributed by atoms with E-state index in [4.69, 9.17) is 15.7 Å². The van der Waals surface area contributed by atoms with Crippen molar-refractivity contribution >= 4 is 7.69 Å². The number of hydrogen-bond acceptors (Lipinski definition) is 2. The lowest BCUT2D eigenvalue weighted by atomic mass is 10.2. The molecule has 0 aliphatic rings. The quantitative estimate of drug-likeness (QED) is 0.310. The van der Waals surface area contributed by atoms with Crippen molar-refractivity contribution in [3.8, 4) is 12.3 Å². The molecule has 0 atom stereocenters. The zero-order chi connectivity index (χ0) is 8.36. The van der Waals surface area contributed by atoms with Crippen molar-refractivity contribution in [1.29, 1.82) is 0 Å². The lowest BCUT2D eigenvalue weighted by Gasteiger charge is -2.00. The van der Waals surface area contributed by atoms with Gasteiger partial charge in [-0.15, -0.1) is 6.42 Å². The van der Waals surface area contributed by atoms with Gasteiger partial charge in [-0.25, -0.2) is 0 Å². The fraction of sp³-hybridized carbons (Fsp3) is 0.750. The largest absolute Gasteiger partial charge is 0.438 e. The monoisotopic (exact) mass is 154 g/mol. The molecule has 0 N–H and O–H groups in total. The molecule has 62 valence electrons. The molecular weight excluding hydrogens is 139 g/mol. The molecular formula is C8H15BO2. The standard InChI is InChI=1S/C8H15BO2/c1-3-5-6-8-11-9-10-7-4-2/h2,9H,3,5-8H2,1H3. The summed E-state index contributed by atoms with van der Waals surface area (Å²) < 4.78 is 10.0. The van der Waals surface area contributed by atoms with E-state index in [2.05, 4.69) is 12.8 Å². The molecule has 0 fully saturated rings. The number of unbranched alkanes of at least 4 members (excludes halogenated alkanes) is 2. The smallest absolute Gasteiger partial charge is 0.414 e. The molecule has 0 aliphatic carbocycles. The van der Waals surface area contributed by atoms with E-state index in [0.717, 1.165) is 13.0 Å². The van der Waals surface area contributed by atoms with Gasteiger partial charge in [0.05, 0.1) is 6.61 Å². The van der Waals surface area contributed by atoms with Gasteiger partial charge < -0.3 is 9.31 Å². The minimum atomic E-state index is 0.327. The predicted octanol–water partition coefficient (Wildman–Crippen LogP) is 1.11. The Morgan fingerprint density at radius 3 is 2.82 bits per heavy atom. The molecule has 11 heavy (non-hydrogen) atoms. The highest BCUT2D eigenvalue weighted by Gasteiger charge is 1.90. The van der Waals surface area contributed by atoms with Crippen molar-refractivity contribution in [3.63, 3.8) is 0 Å². The second-order valence-corrected chi connectivity index (χ2v) is 2.29. The Bertz CT molecular complexity index is 109. The fourth-order valence-electron chi connectivity index (χ4n) is 0.673. The summed E-state index contributed by atoms with van der Waals surface area (Å²) in [5, 5.41) is 0. The van der Waals surface area contributed by atoms with Gasteiger partial charge in [0.25, 0.3) is 0 Å². The van der Waals surface area contributed by atoms with Crippen molar-refractivity contribution in [2.45, 2.75) is 26.2 Å². The van der Waals surface area contributed by atoms with Crippen LogP contribution in [0.3, 0.4) is 0 Å². The van der Waals surface area contributed by atoms with E-state index < -0.39 is 0 Å². The van der Waals surface area contributed by atoms with Crippen LogP contribution in [0, 0.1) is 12.3 Å². The fourth-order valence-corrected chi connectivity index (χ4v) is 0.673. The second kappa shape index (κ2) is 9.54. The Hall–Kier alpha value is -0.455. The van der Waals surface area contributed by atoms with Crippen LogP contribution < -0.4 is 0 Å². The molecule has 0 rings (SSSR count). The lowest BCUT2D eigenvalue weighted by Crippen LogP contribution is -2.05. The Kier molecular flexibility index (Phi) is 9.15. The zero-order valence-corrected chi connectivity index (χ0v) is 7.14. The summed E-state index contributed by atoms with van der Waals surface area (Å²) in [6, 6.07) is 0. The Morgan fingerprint density at radius 1 is 1.36 bits per heavy atom. The Labute approximate surface area is 69.6 Å². The van der Waals surface area contributed by atoms with E-state index in [9.17, 15) is 0 Å². The van der Waals surface area contributed by atoms with Gasteiger partial charge in [-0.05, 0) is 6.42 Å². The molecule has 0 aromatic heterocycles. The van der Waals surface area contributed by atoms with Gasteiger partial charge in [-0.1, -0.05) is 25.7 Å². The van der Waals surface area contributed by atoms with Crippen molar-refractivity contribution in [1.82, 2.24) is 0 Å².